The van der Waals surface area contributed by atoms with E-state index in [0.717, 1.165) is 0 Å². The molecule has 0 heterocycles. The summed E-state index contributed by atoms with van der Waals surface area (Å²) in [5, 5.41) is 18.3. The minimum absolute atomic E-state index is 0.0744. The lowest BCUT2D eigenvalue weighted by molar-refractivity contribution is 0.0694. The summed E-state index contributed by atoms with van der Waals surface area (Å²) in [5.41, 5.74) is 0.270. The summed E-state index contributed by atoms with van der Waals surface area (Å²) in [6.45, 7) is 6.04. The number of aromatic carboxylic acids is 2. The van der Waals surface area contributed by atoms with Gasteiger partial charge in [-0.1, -0.05) is 0 Å². The molecule has 0 fully saturated rings. The van der Waals surface area contributed by atoms with E-state index < -0.39 is 19.1 Å². The number of benzene rings is 1. The van der Waals surface area contributed by atoms with E-state index in [9.17, 15) is 19.3 Å². The molecule has 0 saturated heterocycles. The Labute approximate surface area is 116 Å². The lowest BCUT2D eigenvalue weighted by atomic mass is 9.96. The molecule has 0 aromatic heterocycles. The number of hydrogen-bond donors (Lipinski definition) is 2. The van der Waals surface area contributed by atoms with Crippen molar-refractivity contribution in [2.45, 2.75) is 13.8 Å². The Bertz CT molecular complexity index is 614. The second-order valence-electron chi connectivity index (χ2n) is 5.00. The van der Waals surface area contributed by atoms with Crippen LogP contribution in [0.5, 0.6) is 5.75 Å². The first kappa shape index (κ1) is 16.2. The number of carboxylic acids is 2. The van der Waals surface area contributed by atoms with Crippen molar-refractivity contribution in [2.75, 3.05) is 19.7 Å². The molecule has 2 N–H and O–H groups in total. The van der Waals surface area contributed by atoms with Gasteiger partial charge in [-0.3, -0.25) is 0 Å². The fourth-order valence-electron chi connectivity index (χ4n) is 1.80. The van der Waals surface area contributed by atoms with Crippen molar-refractivity contribution in [1.29, 1.82) is 0 Å². The Morgan fingerprint density at radius 2 is 1.70 bits per heavy atom. The second kappa shape index (κ2) is 5.67. The van der Waals surface area contributed by atoms with Gasteiger partial charge in [-0.2, -0.15) is 0 Å². The fourth-order valence-corrected chi connectivity index (χ4v) is 2.25. The molecule has 0 aliphatic rings. The molecule has 0 radical (unpaired) electrons. The van der Waals surface area contributed by atoms with Crippen molar-refractivity contribution in [1.82, 2.24) is 0 Å². The molecular formula is C13H17O6P. The van der Waals surface area contributed by atoms with E-state index >= 15 is 0 Å². The first-order valence-electron chi connectivity index (χ1n) is 5.82. The van der Waals surface area contributed by atoms with Gasteiger partial charge in [0.2, 0.25) is 0 Å². The van der Waals surface area contributed by atoms with Gasteiger partial charge in [-0.25, -0.2) is 9.59 Å². The van der Waals surface area contributed by atoms with E-state index in [2.05, 4.69) is 0 Å². The average Bonchev–Trinajstić information content (AvgIpc) is 2.25. The maximum Gasteiger partial charge on any atom is 0.336 e. The van der Waals surface area contributed by atoms with Gasteiger partial charge in [0.25, 0.3) is 0 Å². The first-order valence-corrected chi connectivity index (χ1v) is 8.61. The zero-order valence-electron chi connectivity index (χ0n) is 11.8. The van der Waals surface area contributed by atoms with Crippen LogP contribution in [0, 0.1) is 13.8 Å². The predicted molar refractivity (Wildman–Crippen MR) is 74.8 cm³/mol. The van der Waals surface area contributed by atoms with Gasteiger partial charge < -0.3 is 19.5 Å². The van der Waals surface area contributed by atoms with Crippen LogP contribution in [-0.4, -0.2) is 41.8 Å². The van der Waals surface area contributed by atoms with E-state index in [1.807, 2.05) is 0 Å². The van der Waals surface area contributed by atoms with Crippen molar-refractivity contribution in [3.8, 4) is 5.75 Å². The van der Waals surface area contributed by atoms with Gasteiger partial charge in [-0.15, -0.1) is 0 Å². The van der Waals surface area contributed by atoms with Crippen molar-refractivity contribution < 1.29 is 29.1 Å². The molecule has 0 spiro atoms. The molecule has 0 atom stereocenters. The minimum Gasteiger partial charge on any atom is -0.486 e. The van der Waals surface area contributed by atoms with Gasteiger partial charge in [0.05, 0.1) is 11.1 Å². The normalized spacial score (nSPS) is 11.2. The number of carbonyl (C=O) groups is 2. The van der Waals surface area contributed by atoms with Gasteiger partial charge in [0.1, 0.15) is 19.2 Å². The summed E-state index contributed by atoms with van der Waals surface area (Å²) in [7, 11) is -2.46. The van der Waals surface area contributed by atoms with Crippen LogP contribution >= 0.6 is 7.14 Å². The highest BCUT2D eigenvalue weighted by molar-refractivity contribution is 7.62. The molecule has 0 aliphatic carbocycles. The third kappa shape index (κ3) is 3.61. The maximum atomic E-state index is 11.6. The average molecular weight is 300 g/mol. The summed E-state index contributed by atoms with van der Waals surface area (Å²) < 4.78 is 17.0. The molecule has 0 saturated carbocycles. The van der Waals surface area contributed by atoms with E-state index in [-0.39, 0.29) is 28.8 Å². The lowest BCUT2D eigenvalue weighted by Gasteiger charge is -2.16. The van der Waals surface area contributed by atoms with Gasteiger partial charge in [0, 0.05) is 5.56 Å². The lowest BCUT2D eigenvalue weighted by Crippen LogP contribution is -2.11. The summed E-state index contributed by atoms with van der Waals surface area (Å²) in [6.07, 6.45) is -0.0744. The third-order valence-electron chi connectivity index (χ3n) is 2.77. The molecule has 110 valence electrons. The molecule has 0 bridgehead atoms. The van der Waals surface area contributed by atoms with Crippen molar-refractivity contribution in [3.05, 3.63) is 28.3 Å². The van der Waals surface area contributed by atoms with Crippen molar-refractivity contribution in [2.24, 2.45) is 0 Å². The molecule has 20 heavy (non-hydrogen) atoms. The standard InChI is InChI=1S/C13H17O6P/c1-7-9(12(14)15)5-10(19-6-20(3,4)18)8(2)11(7)13(16)17/h5H,6H2,1-4H3,(H,14,15)(H,16,17). The summed E-state index contributed by atoms with van der Waals surface area (Å²) in [4.78, 5) is 22.4. The molecule has 1 aromatic rings. The number of rotatable bonds is 5. The third-order valence-corrected chi connectivity index (χ3v) is 3.53. The Hall–Kier alpha value is -1.81. The predicted octanol–water partition coefficient (Wildman–Crippen LogP) is 2.66. The Kier molecular flexibility index (Phi) is 4.61. The molecule has 0 amide bonds. The van der Waals surface area contributed by atoms with Crippen LogP contribution in [0.1, 0.15) is 31.8 Å². The number of ether oxygens (including phenoxy) is 1. The van der Waals surface area contributed by atoms with Gasteiger partial charge >= 0.3 is 11.9 Å². The molecule has 6 nitrogen and oxygen atoms in total. The minimum atomic E-state index is -2.46. The topological polar surface area (TPSA) is 101 Å². The van der Waals surface area contributed by atoms with Crippen LogP contribution in [0.15, 0.2) is 6.07 Å². The molecule has 0 aliphatic heterocycles. The summed E-state index contributed by atoms with van der Waals surface area (Å²) in [6, 6.07) is 1.27. The van der Waals surface area contributed by atoms with Crippen molar-refractivity contribution >= 4 is 19.1 Å². The quantitative estimate of drug-likeness (QED) is 0.811. The molecule has 1 aromatic carbocycles. The van der Waals surface area contributed by atoms with Crippen LogP contribution in [0.2, 0.25) is 0 Å². The second-order valence-corrected chi connectivity index (χ2v) is 8.41. The number of hydrogen-bond acceptors (Lipinski definition) is 4. The number of carboxylic acid groups (broad SMARTS) is 2. The largest absolute Gasteiger partial charge is 0.486 e. The molecular weight excluding hydrogens is 283 g/mol. The highest BCUT2D eigenvalue weighted by atomic mass is 31.2. The fraction of sp³-hybridized carbons (Fsp3) is 0.385. The highest BCUT2D eigenvalue weighted by Crippen LogP contribution is 2.37. The molecule has 0 unspecified atom stereocenters. The van der Waals surface area contributed by atoms with E-state index in [1.165, 1.54) is 33.2 Å². The van der Waals surface area contributed by atoms with E-state index in [4.69, 9.17) is 9.84 Å². The van der Waals surface area contributed by atoms with Crippen LogP contribution in [0.25, 0.3) is 0 Å². The highest BCUT2D eigenvalue weighted by Gasteiger charge is 2.22. The Balaban J connectivity index is 3.41. The van der Waals surface area contributed by atoms with Crippen molar-refractivity contribution in [3.63, 3.8) is 0 Å². The zero-order chi connectivity index (χ0) is 15.7. The van der Waals surface area contributed by atoms with E-state index in [1.54, 1.807) is 0 Å². The van der Waals surface area contributed by atoms with Gasteiger partial charge in [-0.05, 0) is 38.8 Å². The first-order chi connectivity index (χ1) is 9.04. The summed E-state index contributed by atoms with van der Waals surface area (Å²) >= 11 is 0. The molecule has 1 rings (SSSR count). The Morgan fingerprint density at radius 1 is 1.15 bits per heavy atom. The van der Waals surface area contributed by atoms with Crippen LogP contribution in [0.4, 0.5) is 0 Å². The monoisotopic (exact) mass is 300 g/mol. The smallest absolute Gasteiger partial charge is 0.336 e. The summed E-state index contributed by atoms with van der Waals surface area (Å²) in [5.74, 6) is -2.32. The SMILES string of the molecule is Cc1c(OCP(C)(C)=O)cc(C(=O)O)c(C)c1C(=O)O. The van der Waals surface area contributed by atoms with E-state index in [0.29, 0.717) is 5.56 Å². The van der Waals surface area contributed by atoms with Crippen LogP contribution in [-0.2, 0) is 4.57 Å². The Morgan fingerprint density at radius 3 is 2.10 bits per heavy atom. The molecule has 7 heteroatoms. The van der Waals surface area contributed by atoms with Crippen LogP contribution in [0.3, 0.4) is 0 Å². The van der Waals surface area contributed by atoms with Crippen LogP contribution < -0.4 is 4.74 Å². The maximum absolute atomic E-state index is 11.6. The zero-order valence-corrected chi connectivity index (χ0v) is 12.7. The van der Waals surface area contributed by atoms with Gasteiger partial charge in [0.15, 0.2) is 0 Å².